The molecular formula is C53H92O12S. The summed E-state index contributed by atoms with van der Waals surface area (Å²) in [4.78, 5) is 25.5. The number of allylic oxidation sites excluding steroid dienone is 10. The van der Waals surface area contributed by atoms with Gasteiger partial charge in [-0.2, -0.15) is 8.42 Å². The first-order chi connectivity index (χ1) is 32.0. The van der Waals surface area contributed by atoms with Crippen molar-refractivity contribution in [3.8, 4) is 0 Å². The van der Waals surface area contributed by atoms with Crippen LogP contribution in [0.25, 0.3) is 0 Å². The van der Waals surface area contributed by atoms with E-state index in [4.69, 9.17) is 18.9 Å². The molecule has 0 bridgehead atoms. The third kappa shape index (κ3) is 36.4. The highest BCUT2D eigenvalue weighted by atomic mass is 32.2. The first-order valence-corrected chi connectivity index (χ1v) is 27.5. The molecule has 4 N–H and O–H groups in total. The third-order valence-electron chi connectivity index (χ3n) is 11.6. The Bertz CT molecular complexity index is 1440. The van der Waals surface area contributed by atoms with Crippen LogP contribution in [0.15, 0.2) is 60.8 Å². The summed E-state index contributed by atoms with van der Waals surface area (Å²) in [6.07, 6.45) is 44.1. The predicted octanol–water partition coefficient (Wildman–Crippen LogP) is 11.7. The SMILES string of the molecule is CC/C=C/C/C=C/C/C=C/C/C=C/C/C=C/CCCC(=O)OC[C@H](CO[C@H]1O[C@H](CS(=O)(=O)O)[C@@H](O)C(O)C1O)OC(=O)CCCCCCCCCCCCCCCCCCCCCCC. The molecule has 1 saturated heterocycles. The standard InChI is InChI=1S/C53H92O12S/c1-3-5-7-9-11-13-15-17-19-21-22-23-24-26-28-30-32-34-36-38-40-42-49(55)64-46(44-63-53-52(58)51(57)50(56)47(65-53)45-66(59,60)61)43-62-48(54)41-39-37-35-33-31-29-27-25-20-18-16-14-12-10-8-6-4-2/h6,8,12,14,18,20,27,29,33,35,46-47,50-53,56-58H,3-5,7,9-11,13,15-17,19,21-26,28,30-32,34,36-45H2,1-2H3,(H,59,60,61)/b8-6+,14-12+,20-18+,29-27+,35-33+/t46-,47-,50-,51?,52?,53+/m1/s1. The molecule has 66 heavy (non-hydrogen) atoms. The second kappa shape index (κ2) is 42.5. The van der Waals surface area contributed by atoms with E-state index in [9.17, 15) is 37.9 Å². The number of aliphatic hydroxyl groups excluding tert-OH is 3. The summed E-state index contributed by atoms with van der Waals surface area (Å²) in [5.74, 6) is -2.05. The Morgan fingerprint density at radius 1 is 0.530 bits per heavy atom. The van der Waals surface area contributed by atoms with Gasteiger partial charge in [0.05, 0.1) is 6.61 Å². The molecule has 382 valence electrons. The highest BCUT2D eigenvalue weighted by Gasteiger charge is 2.46. The fourth-order valence-electron chi connectivity index (χ4n) is 7.65. The lowest BCUT2D eigenvalue weighted by atomic mass is 10.00. The van der Waals surface area contributed by atoms with E-state index in [0.717, 1.165) is 51.4 Å². The van der Waals surface area contributed by atoms with Gasteiger partial charge in [-0.3, -0.25) is 14.1 Å². The maximum absolute atomic E-state index is 12.9. The molecule has 0 aliphatic carbocycles. The average molecular weight is 953 g/mol. The highest BCUT2D eigenvalue weighted by molar-refractivity contribution is 7.85. The van der Waals surface area contributed by atoms with Crippen LogP contribution in [0, 0.1) is 0 Å². The van der Waals surface area contributed by atoms with Crippen molar-refractivity contribution in [3.05, 3.63) is 60.8 Å². The fraction of sp³-hybridized carbons (Fsp3) is 0.774. The normalized spacial score (nSPS) is 19.9. The van der Waals surface area contributed by atoms with Gasteiger partial charge in [0.2, 0.25) is 0 Å². The summed E-state index contributed by atoms with van der Waals surface area (Å²) in [6, 6.07) is 0. The van der Waals surface area contributed by atoms with Crippen molar-refractivity contribution < 1.29 is 56.8 Å². The third-order valence-corrected chi connectivity index (χ3v) is 12.4. The summed E-state index contributed by atoms with van der Waals surface area (Å²) in [6.45, 7) is 3.62. The number of carbonyl (C=O) groups is 2. The Kier molecular flexibility index (Phi) is 39.5. The maximum atomic E-state index is 12.9. The fourth-order valence-corrected chi connectivity index (χ4v) is 8.35. The Labute approximate surface area is 400 Å². The van der Waals surface area contributed by atoms with Crippen molar-refractivity contribution in [2.45, 2.75) is 243 Å². The van der Waals surface area contributed by atoms with Gasteiger partial charge in [-0.25, -0.2) is 0 Å². The molecule has 2 unspecified atom stereocenters. The molecule has 0 aromatic rings. The molecule has 0 spiro atoms. The van der Waals surface area contributed by atoms with Gasteiger partial charge in [0.1, 0.15) is 36.8 Å². The quantitative estimate of drug-likeness (QED) is 0.0196. The topological polar surface area (TPSA) is 186 Å². The van der Waals surface area contributed by atoms with E-state index in [1.807, 2.05) is 12.2 Å². The number of hydrogen-bond acceptors (Lipinski definition) is 11. The Morgan fingerprint density at radius 2 is 0.955 bits per heavy atom. The molecule has 1 rings (SSSR count). The molecule has 0 amide bonds. The molecule has 1 heterocycles. The van der Waals surface area contributed by atoms with Crippen LogP contribution in [0.2, 0.25) is 0 Å². The van der Waals surface area contributed by atoms with Crippen LogP contribution in [0.5, 0.6) is 0 Å². The van der Waals surface area contributed by atoms with E-state index < -0.39 is 71.2 Å². The van der Waals surface area contributed by atoms with Gasteiger partial charge in [0, 0.05) is 12.8 Å². The van der Waals surface area contributed by atoms with Crippen LogP contribution < -0.4 is 0 Å². The predicted molar refractivity (Wildman–Crippen MR) is 265 cm³/mol. The molecule has 1 aliphatic rings. The molecule has 12 nitrogen and oxygen atoms in total. The van der Waals surface area contributed by atoms with Crippen molar-refractivity contribution in [3.63, 3.8) is 0 Å². The van der Waals surface area contributed by atoms with Crippen LogP contribution in [0.3, 0.4) is 0 Å². The molecule has 1 fully saturated rings. The van der Waals surface area contributed by atoms with E-state index in [0.29, 0.717) is 19.3 Å². The molecule has 0 radical (unpaired) electrons. The van der Waals surface area contributed by atoms with Crippen LogP contribution in [0.1, 0.15) is 206 Å². The van der Waals surface area contributed by atoms with E-state index in [1.165, 1.54) is 109 Å². The smallest absolute Gasteiger partial charge is 0.306 e. The van der Waals surface area contributed by atoms with Crippen LogP contribution in [-0.4, -0.2) is 96.0 Å². The van der Waals surface area contributed by atoms with Gasteiger partial charge >= 0.3 is 11.9 Å². The van der Waals surface area contributed by atoms with Gasteiger partial charge in [-0.15, -0.1) is 0 Å². The maximum Gasteiger partial charge on any atom is 0.306 e. The van der Waals surface area contributed by atoms with Crippen LogP contribution in [0.4, 0.5) is 0 Å². The van der Waals surface area contributed by atoms with Gasteiger partial charge in [-0.05, 0) is 51.4 Å². The Morgan fingerprint density at radius 3 is 1.41 bits per heavy atom. The van der Waals surface area contributed by atoms with Crippen molar-refractivity contribution in [2.75, 3.05) is 19.0 Å². The second-order valence-electron chi connectivity index (χ2n) is 17.8. The molecule has 13 heteroatoms. The minimum Gasteiger partial charge on any atom is -0.462 e. The van der Waals surface area contributed by atoms with E-state index in [1.54, 1.807) is 0 Å². The minimum atomic E-state index is -4.61. The molecule has 6 atom stereocenters. The summed E-state index contributed by atoms with van der Waals surface area (Å²) >= 11 is 0. The second-order valence-corrected chi connectivity index (χ2v) is 19.3. The van der Waals surface area contributed by atoms with Crippen molar-refractivity contribution in [1.82, 2.24) is 0 Å². The van der Waals surface area contributed by atoms with E-state index >= 15 is 0 Å². The molecular weight excluding hydrogens is 861 g/mol. The lowest BCUT2D eigenvalue weighted by molar-refractivity contribution is -0.297. The number of aliphatic hydroxyl groups is 3. The number of ether oxygens (including phenoxy) is 4. The van der Waals surface area contributed by atoms with Gasteiger partial charge in [0.25, 0.3) is 10.1 Å². The highest BCUT2D eigenvalue weighted by Crippen LogP contribution is 2.24. The largest absolute Gasteiger partial charge is 0.462 e. The first kappa shape index (κ1) is 61.4. The lowest BCUT2D eigenvalue weighted by Gasteiger charge is -2.40. The molecule has 0 saturated carbocycles. The van der Waals surface area contributed by atoms with Crippen LogP contribution in [-0.2, 0) is 38.7 Å². The zero-order chi connectivity index (χ0) is 48.4. The monoisotopic (exact) mass is 953 g/mol. The number of unbranched alkanes of at least 4 members (excludes halogenated alkanes) is 21. The van der Waals surface area contributed by atoms with E-state index in [2.05, 4.69) is 62.5 Å². The molecule has 0 aromatic carbocycles. The zero-order valence-electron chi connectivity index (χ0n) is 41.0. The number of hydrogen-bond donors (Lipinski definition) is 4. The minimum absolute atomic E-state index is 0.140. The summed E-state index contributed by atoms with van der Waals surface area (Å²) < 4.78 is 54.2. The van der Waals surface area contributed by atoms with Crippen molar-refractivity contribution in [2.24, 2.45) is 0 Å². The van der Waals surface area contributed by atoms with Crippen LogP contribution >= 0.6 is 0 Å². The summed E-state index contributed by atoms with van der Waals surface area (Å²) in [5.41, 5.74) is 0. The molecule has 0 aromatic heterocycles. The van der Waals surface area contributed by atoms with Crippen molar-refractivity contribution >= 4 is 22.1 Å². The molecule has 1 aliphatic heterocycles. The van der Waals surface area contributed by atoms with E-state index in [-0.39, 0.29) is 19.4 Å². The average Bonchev–Trinajstić information content (AvgIpc) is 3.28. The zero-order valence-corrected chi connectivity index (χ0v) is 41.9. The number of esters is 2. The lowest BCUT2D eigenvalue weighted by Crippen LogP contribution is -2.60. The first-order valence-electron chi connectivity index (χ1n) is 25.8. The Balaban J connectivity index is 2.40. The van der Waals surface area contributed by atoms with Gasteiger partial charge in [0.15, 0.2) is 12.4 Å². The number of rotatable bonds is 43. The Hall–Kier alpha value is -2.65. The van der Waals surface area contributed by atoms with Gasteiger partial charge < -0.3 is 34.3 Å². The van der Waals surface area contributed by atoms with Crippen molar-refractivity contribution in [1.29, 1.82) is 0 Å². The van der Waals surface area contributed by atoms with Gasteiger partial charge in [-0.1, -0.05) is 203 Å². The summed E-state index contributed by atoms with van der Waals surface area (Å²) in [7, 11) is -4.61. The summed E-state index contributed by atoms with van der Waals surface area (Å²) in [5, 5.41) is 31.0. The number of carbonyl (C=O) groups excluding carboxylic acids is 2.